The van der Waals surface area contributed by atoms with Crippen molar-refractivity contribution in [2.24, 2.45) is 0 Å². The van der Waals surface area contributed by atoms with Crippen molar-refractivity contribution in [2.45, 2.75) is 13.0 Å². The van der Waals surface area contributed by atoms with E-state index in [-0.39, 0.29) is 17.1 Å². The Hall–Kier alpha value is -2.34. The first-order valence-corrected chi connectivity index (χ1v) is 7.16. The van der Waals surface area contributed by atoms with E-state index < -0.39 is 17.7 Å². The Balaban J connectivity index is 2.43. The van der Waals surface area contributed by atoms with Crippen molar-refractivity contribution in [3.8, 4) is 5.75 Å². The molecular formula is C16H21N2O4+. The number of quaternary nitrogens is 1. The minimum atomic E-state index is -0.607. The van der Waals surface area contributed by atoms with E-state index >= 15 is 0 Å². The summed E-state index contributed by atoms with van der Waals surface area (Å²) in [6.45, 7) is 2.46. The van der Waals surface area contributed by atoms with Gasteiger partial charge in [0.15, 0.2) is 11.5 Å². The van der Waals surface area contributed by atoms with Crippen molar-refractivity contribution in [3.05, 3.63) is 41.2 Å². The van der Waals surface area contributed by atoms with E-state index in [1.54, 1.807) is 12.1 Å². The third-order valence-corrected chi connectivity index (χ3v) is 3.74. The summed E-state index contributed by atoms with van der Waals surface area (Å²) < 4.78 is 0. The van der Waals surface area contributed by atoms with Gasteiger partial charge in [-0.25, -0.2) is 0 Å². The lowest BCUT2D eigenvalue weighted by Crippen LogP contribution is -3.06. The predicted molar refractivity (Wildman–Crippen MR) is 80.6 cm³/mol. The Bertz CT molecular complexity index is 620. The fraction of sp³-hybridized carbons (Fsp3) is 0.375. The lowest BCUT2D eigenvalue weighted by atomic mass is 9.96. The van der Waals surface area contributed by atoms with E-state index in [1.807, 2.05) is 14.1 Å². The second-order valence-electron chi connectivity index (χ2n) is 5.77. The molecular weight excluding hydrogens is 284 g/mol. The molecule has 2 rings (SSSR count). The molecule has 1 atom stereocenters. The standard InChI is InChI=1S/C16H20N2O4/c1-10(19)13-14(11-4-6-12(20)7-5-11)18(9-8-17(2)3)16(22)15(13)21/h4-7,14,20-21H,8-9H2,1-3H3/p+1/t14-/m1/s1. The third kappa shape index (κ3) is 2.96. The van der Waals surface area contributed by atoms with E-state index in [1.165, 1.54) is 24.0 Å². The number of ketones is 1. The largest absolute Gasteiger partial charge is 0.508 e. The van der Waals surface area contributed by atoms with Crippen molar-refractivity contribution in [3.63, 3.8) is 0 Å². The quantitative estimate of drug-likeness (QED) is 0.705. The van der Waals surface area contributed by atoms with Crippen LogP contribution < -0.4 is 4.90 Å². The highest BCUT2D eigenvalue weighted by Gasteiger charge is 2.42. The summed E-state index contributed by atoms with van der Waals surface area (Å²) in [4.78, 5) is 26.8. The topological polar surface area (TPSA) is 82.3 Å². The molecule has 0 saturated carbocycles. The number of phenols is 1. The molecule has 0 radical (unpaired) electrons. The highest BCUT2D eigenvalue weighted by Crippen LogP contribution is 2.37. The molecule has 0 fully saturated rings. The molecule has 1 amide bonds. The zero-order valence-electron chi connectivity index (χ0n) is 13.0. The smallest absolute Gasteiger partial charge is 0.290 e. The molecule has 6 nitrogen and oxygen atoms in total. The molecule has 0 aromatic heterocycles. The second kappa shape index (κ2) is 6.19. The summed E-state index contributed by atoms with van der Waals surface area (Å²) in [7, 11) is 3.94. The molecule has 6 heteroatoms. The first-order valence-electron chi connectivity index (χ1n) is 7.16. The Morgan fingerprint density at radius 3 is 2.32 bits per heavy atom. The Kier molecular flexibility index (Phi) is 4.51. The molecule has 1 aromatic rings. The highest BCUT2D eigenvalue weighted by molar-refractivity contribution is 6.08. The maximum atomic E-state index is 12.3. The number of aliphatic hydroxyl groups excluding tert-OH is 1. The van der Waals surface area contributed by atoms with Gasteiger partial charge in [-0.1, -0.05) is 12.1 Å². The maximum Gasteiger partial charge on any atom is 0.290 e. The summed E-state index contributed by atoms with van der Waals surface area (Å²) in [6, 6.07) is 5.71. The SMILES string of the molecule is CC(=O)C1=C(O)C(=O)N(CC[NH+](C)C)[C@@H]1c1ccc(O)cc1. The van der Waals surface area contributed by atoms with Crippen LogP contribution in [0.5, 0.6) is 5.75 Å². The maximum absolute atomic E-state index is 12.3. The van der Waals surface area contributed by atoms with E-state index in [4.69, 9.17) is 0 Å². The van der Waals surface area contributed by atoms with E-state index in [2.05, 4.69) is 0 Å². The van der Waals surface area contributed by atoms with Gasteiger partial charge in [0.25, 0.3) is 5.91 Å². The van der Waals surface area contributed by atoms with Crippen LogP contribution in [0.4, 0.5) is 0 Å². The highest BCUT2D eigenvalue weighted by atomic mass is 16.3. The second-order valence-corrected chi connectivity index (χ2v) is 5.77. The van der Waals surface area contributed by atoms with Gasteiger partial charge in [-0.15, -0.1) is 0 Å². The number of hydrogen-bond acceptors (Lipinski definition) is 4. The van der Waals surface area contributed by atoms with Gasteiger partial charge in [-0.2, -0.15) is 0 Å². The molecule has 1 aliphatic rings. The molecule has 0 saturated heterocycles. The molecule has 118 valence electrons. The lowest BCUT2D eigenvalue weighted by Gasteiger charge is -2.26. The molecule has 3 N–H and O–H groups in total. The number of Topliss-reactive ketones (excluding diaryl/α,β-unsaturated/α-hetero) is 1. The number of nitrogens with one attached hydrogen (secondary N) is 1. The summed E-state index contributed by atoms with van der Waals surface area (Å²) in [6.07, 6.45) is 0. The first kappa shape index (κ1) is 16.0. The van der Waals surface area contributed by atoms with Crippen molar-refractivity contribution in [1.29, 1.82) is 0 Å². The van der Waals surface area contributed by atoms with Gasteiger partial charge in [-0.05, 0) is 24.6 Å². The number of carbonyl (C=O) groups excluding carboxylic acids is 2. The summed E-state index contributed by atoms with van der Waals surface area (Å²) >= 11 is 0. The molecule has 0 unspecified atom stereocenters. The summed E-state index contributed by atoms with van der Waals surface area (Å²) in [5.41, 5.74) is 0.804. The van der Waals surface area contributed by atoms with Crippen LogP contribution in [0.15, 0.2) is 35.6 Å². The number of likely N-dealkylation sites (N-methyl/N-ethyl adjacent to an activating group) is 1. The number of nitrogens with zero attached hydrogens (tertiary/aromatic N) is 1. The van der Waals surface area contributed by atoms with Gasteiger partial charge in [0.1, 0.15) is 5.75 Å². The van der Waals surface area contributed by atoms with Crippen LogP contribution in [-0.4, -0.2) is 54.0 Å². The average molecular weight is 305 g/mol. The lowest BCUT2D eigenvalue weighted by molar-refractivity contribution is -0.857. The fourth-order valence-electron chi connectivity index (χ4n) is 2.59. The molecule has 1 heterocycles. The number of hydrogen-bond donors (Lipinski definition) is 3. The Labute approximate surface area is 129 Å². The number of benzene rings is 1. The van der Waals surface area contributed by atoms with Crippen LogP contribution in [0.2, 0.25) is 0 Å². The van der Waals surface area contributed by atoms with Gasteiger partial charge < -0.3 is 20.0 Å². The van der Waals surface area contributed by atoms with Gasteiger partial charge in [0, 0.05) is 0 Å². The van der Waals surface area contributed by atoms with Crippen LogP contribution in [0.25, 0.3) is 0 Å². The average Bonchev–Trinajstić information content (AvgIpc) is 2.70. The first-order chi connectivity index (χ1) is 10.3. The Morgan fingerprint density at radius 1 is 1.23 bits per heavy atom. The zero-order chi connectivity index (χ0) is 16.4. The van der Waals surface area contributed by atoms with E-state index in [9.17, 15) is 19.8 Å². The fourth-order valence-corrected chi connectivity index (χ4v) is 2.59. The molecule has 1 aliphatic heterocycles. The van der Waals surface area contributed by atoms with Crippen LogP contribution in [0, 0.1) is 0 Å². The molecule has 1 aromatic carbocycles. The molecule has 0 bridgehead atoms. The van der Waals surface area contributed by atoms with Crippen molar-refractivity contribution in [2.75, 3.05) is 27.2 Å². The van der Waals surface area contributed by atoms with Gasteiger partial charge in [-0.3, -0.25) is 9.59 Å². The van der Waals surface area contributed by atoms with E-state index in [0.717, 1.165) is 4.90 Å². The number of aromatic hydroxyl groups is 1. The van der Waals surface area contributed by atoms with Crippen molar-refractivity contribution in [1.82, 2.24) is 4.90 Å². The number of rotatable bonds is 5. The Morgan fingerprint density at radius 2 is 1.82 bits per heavy atom. The van der Waals surface area contributed by atoms with Crippen LogP contribution >= 0.6 is 0 Å². The molecule has 22 heavy (non-hydrogen) atoms. The minimum absolute atomic E-state index is 0.106. The monoisotopic (exact) mass is 305 g/mol. The van der Waals surface area contributed by atoms with Gasteiger partial charge >= 0.3 is 0 Å². The van der Waals surface area contributed by atoms with Crippen LogP contribution in [0.1, 0.15) is 18.5 Å². The molecule has 0 aliphatic carbocycles. The van der Waals surface area contributed by atoms with E-state index in [0.29, 0.717) is 18.7 Å². The van der Waals surface area contributed by atoms with Crippen molar-refractivity contribution >= 4 is 11.7 Å². The number of aliphatic hydroxyl groups is 1. The van der Waals surface area contributed by atoms with Crippen LogP contribution in [0.3, 0.4) is 0 Å². The number of phenolic OH excluding ortho intramolecular Hbond substituents is 1. The molecule has 0 spiro atoms. The van der Waals surface area contributed by atoms with Crippen LogP contribution in [-0.2, 0) is 9.59 Å². The van der Waals surface area contributed by atoms with Gasteiger partial charge in [0.05, 0.1) is 38.8 Å². The zero-order valence-corrected chi connectivity index (χ0v) is 13.0. The summed E-state index contributed by atoms with van der Waals surface area (Å²) in [5, 5.41) is 19.5. The number of carbonyl (C=O) groups is 2. The third-order valence-electron chi connectivity index (χ3n) is 3.74. The van der Waals surface area contributed by atoms with Crippen molar-refractivity contribution < 1.29 is 24.7 Å². The van der Waals surface area contributed by atoms with Gasteiger partial charge in [0.2, 0.25) is 0 Å². The normalized spacial score (nSPS) is 18.5. The minimum Gasteiger partial charge on any atom is -0.508 e. The summed E-state index contributed by atoms with van der Waals surface area (Å²) in [5.74, 6) is -1.22. The number of amides is 1. The predicted octanol–water partition coefficient (Wildman–Crippen LogP) is -0.179.